The minimum atomic E-state index is -0.403. The van der Waals surface area contributed by atoms with Gasteiger partial charge in [-0.25, -0.2) is 4.79 Å². The first-order valence-electron chi connectivity index (χ1n) is 7.22. The number of carbonyl (C=O) groups excluding carboxylic acids is 1. The van der Waals surface area contributed by atoms with Crippen LogP contribution in [0.1, 0.15) is 29.8 Å². The number of hydrogen-bond donors (Lipinski definition) is 1. The van der Waals surface area contributed by atoms with Gasteiger partial charge in [-0.1, -0.05) is 30.3 Å². The Labute approximate surface area is 123 Å². The molecule has 1 unspecified atom stereocenters. The molecule has 0 radical (unpaired) electrons. The summed E-state index contributed by atoms with van der Waals surface area (Å²) in [6.45, 7) is 3.88. The number of nitrogens with one attached hydrogen (secondary N) is 1. The molecule has 1 aromatic carbocycles. The van der Waals surface area contributed by atoms with Crippen molar-refractivity contribution in [3.05, 3.63) is 53.3 Å². The Hall–Kier alpha value is -2.14. The SMILES string of the molecule is CC(C(=O)OCc1ccccc1)n1cc2c(n1)CCNC2. The number of benzene rings is 1. The maximum atomic E-state index is 12.1. The minimum Gasteiger partial charge on any atom is -0.459 e. The van der Waals surface area contributed by atoms with E-state index in [1.165, 1.54) is 5.56 Å². The highest BCUT2D eigenvalue weighted by Crippen LogP contribution is 2.16. The lowest BCUT2D eigenvalue weighted by molar-refractivity contribution is -0.148. The van der Waals surface area contributed by atoms with Crippen LogP contribution in [0.4, 0.5) is 0 Å². The smallest absolute Gasteiger partial charge is 0.330 e. The van der Waals surface area contributed by atoms with Crippen molar-refractivity contribution in [2.24, 2.45) is 0 Å². The molecule has 1 atom stereocenters. The summed E-state index contributed by atoms with van der Waals surface area (Å²) in [5.41, 5.74) is 3.24. The van der Waals surface area contributed by atoms with Gasteiger partial charge in [0.25, 0.3) is 0 Å². The summed E-state index contributed by atoms with van der Waals surface area (Å²) in [7, 11) is 0. The van der Waals surface area contributed by atoms with Gasteiger partial charge in [-0.2, -0.15) is 5.10 Å². The number of nitrogens with zero attached hydrogens (tertiary/aromatic N) is 2. The van der Waals surface area contributed by atoms with E-state index >= 15 is 0 Å². The molecule has 1 aliphatic heterocycles. The number of aromatic nitrogens is 2. The zero-order chi connectivity index (χ0) is 14.7. The summed E-state index contributed by atoms with van der Waals surface area (Å²) >= 11 is 0. The maximum absolute atomic E-state index is 12.1. The Kier molecular flexibility index (Phi) is 4.01. The average Bonchev–Trinajstić information content (AvgIpc) is 2.97. The molecule has 0 bridgehead atoms. The van der Waals surface area contributed by atoms with E-state index in [2.05, 4.69) is 10.4 Å². The van der Waals surface area contributed by atoms with Crippen molar-refractivity contribution in [3.63, 3.8) is 0 Å². The first-order chi connectivity index (χ1) is 10.2. The van der Waals surface area contributed by atoms with Crippen molar-refractivity contribution in [2.75, 3.05) is 6.54 Å². The standard InChI is InChI=1S/C16H19N3O2/c1-12(16(20)21-11-13-5-3-2-4-6-13)19-10-14-9-17-8-7-15(14)18-19/h2-6,10,12,17H,7-9,11H2,1H3. The molecular formula is C16H19N3O2. The predicted octanol–water partition coefficient (Wildman–Crippen LogP) is 1.83. The first kappa shape index (κ1) is 13.8. The topological polar surface area (TPSA) is 56.2 Å². The zero-order valence-corrected chi connectivity index (χ0v) is 12.1. The minimum absolute atomic E-state index is 0.258. The molecule has 5 nitrogen and oxygen atoms in total. The molecule has 0 fully saturated rings. The molecule has 0 spiro atoms. The molecule has 110 valence electrons. The van der Waals surface area contributed by atoms with Crippen LogP contribution in [0.2, 0.25) is 0 Å². The average molecular weight is 285 g/mol. The number of rotatable bonds is 4. The number of esters is 1. The molecular weight excluding hydrogens is 266 g/mol. The van der Waals surface area contributed by atoms with E-state index in [9.17, 15) is 4.79 Å². The summed E-state index contributed by atoms with van der Waals surface area (Å²) in [4.78, 5) is 12.1. The van der Waals surface area contributed by atoms with Gasteiger partial charge >= 0.3 is 5.97 Å². The predicted molar refractivity (Wildman–Crippen MR) is 78.6 cm³/mol. The van der Waals surface area contributed by atoms with E-state index < -0.39 is 6.04 Å². The zero-order valence-electron chi connectivity index (χ0n) is 12.1. The first-order valence-corrected chi connectivity index (χ1v) is 7.22. The van der Waals surface area contributed by atoms with E-state index in [0.717, 1.165) is 30.8 Å². The van der Waals surface area contributed by atoms with Crippen LogP contribution >= 0.6 is 0 Å². The van der Waals surface area contributed by atoms with Crippen molar-refractivity contribution in [1.29, 1.82) is 0 Å². The van der Waals surface area contributed by atoms with Crippen LogP contribution in [-0.4, -0.2) is 22.3 Å². The van der Waals surface area contributed by atoms with Gasteiger partial charge in [0.1, 0.15) is 12.6 Å². The molecule has 21 heavy (non-hydrogen) atoms. The van der Waals surface area contributed by atoms with Gasteiger partial charge in [-0.05, 0) is 12.5 Å². The normalized spacial score (nSPS) is 15.3. The third-order valence-electron chi connectivity index (χ3n) is 3.71. The molecule has 0 saturated heterocycles. The number of carbonyl (C=O) groups is 1. The second-order valence-corrected chi connectivity index (χ2v) is 5.28. The van der Waals surface area contributed by atoms with Gasteiger partial charge in [0.05, 0.1) is 5.69 Å². The molecule has 0 aliphatic carbocycles. The molecule has 0 saturated carbocycles. The third-order valence-corrected chi connectivity index (χ3v) is 3.71. The summed E-state index contributed by atoms with van der Waals surface area (Å²) in [6.07, 6.45) is 2.85. The van der Waals surface area contributed by atoms with Crippen LogP contribution in [0.5, 0.6) is 0 Å². The molecule has 2 aromatic rings. The molecule has 0 amide bonds. The molecule has 1 aromatic heterocycles. The van der Waals surface area contributed by atoms with Crippen LogP contribution in [-0.2, 0) is 29.1 Å². The summed E-state index contributed by atoms with van der Waals surface area (Å²) < 4.78 is 7.07. The van der Waals surface area contributed by atoms with E-state index in [4.69, 9.17) is 4.74 Å². The Morgan fingerprint density at radius 3 is 3.00 bits per heavy atom. The summed E-state index contributed by atoms with van der Waals surface area (Å²) in [6, 6.07) is 9.28. The highest BCUT2D eigenvalue weighted by Gasteiger charge is 2.21. The number of hydrogen-bond acceptors (Lipinski definition) is 4. The maximum Gasteiger partial charge on any atom is 0.330 e. The van der Waals surface area contributed by atoms with Gasteiger partial charge in [-0.15, -0.1) is 0 Å². The van der Waals surface area contributed by atoms with Gasteiger partial charge in [0.15, 0.2) is 0 Å². The largest absolute Gasteiger partial charge is 0.459 e. The second-order valence-electron chi connectivity index (χ2n) is 5.28. The summed E-state index contributed by atoms with van der Waals surface area (Å²) in [5, 5.41) is 7.80. The summed E-state index contributed by atoms with van der Waals surface area (Å²) in [5.74, 6) is -0.258. The van der Waals surface area contributed by atoms with E-state index in [1.54, 1.807) is 4.68 Å². The number of fused-ring (bicyclic) bond motifs is 1. The molecule has 3 rings (SSSR count). The van der Waals surface area contributed by atoms with Crippen LogP contribution in [0, 0.1) is 0 Å². The van der Waals surface area contributed by atoms with Crippen LogP contribution in [0.15, 0.2) is 36.5 Å². The van der Waals surface area contributed by atoms with Gasteiger partial charge in [0.2, 0.25) is 0 Å². The van der Waals surface area contributed by atoms with Crippen LogP contribution in [0.25, 0.3) is 0 Å². The van der Waals surface area contributed by atoms with Crippen molar-refractivity contribution in [2.45, 2.75) is 32.5 Å². The van der Waals surface area contributed by atoms with E-state index in [1.807, 2.05) is 43.5 Å². The Balaban J connectivity index is 1.63. The van der Waals surface area contributed by atoms with Crippen LogP contribution in [0.3, 0.4) is 0 Å². The van der Waals surface area contributed by atoms with Crippen molar-refractivity contribution >= 4 is 5.97 Å². The lowest BCUT2D eigenvalue weighted by atomic mass is 10.1. The number of ether oxygens (including phenoxy) is 1. The van der Waals surface area contributed by atoms with Crippen LogP contribution < -0.4 is 5.32 Å². The molecule has 2 heterocycles. The highest BCUT2D eigenvalue weighted by molar-refractivity contribution is 5.73. The molecule has 1 aliphatic rings. The molecule has 1 N–H and O–H groups in total. The van der Waals surface area contributed by atoms with E-state index in [0.29, 0.717) is 6.61 Å². The molecule has 5 heteroatoms. The lowest BCUT2D eigenvalue weighted by Crippen LogP contribution is -2.22. The monoisotopic (exact) mass is 285 g/mol. The van der Waals surface area contributed by atoms with Gasteiger partial charge in [-0.3, -0.25) is 4.68 Å². The van der Waals surface area contributed by atoms with Crippen molar-refractivity contribution in [1.82, 2.24) is 15.1 Å². The highest BCUT2D eigenvalue weighted by atomic mass is 16.5. The van der Waals surface area contributed by atoms with E-state index in [-0.39, 0.29) is 5.97 Å². The lowest BCUT2D eigenvalue weighted by Gasteiger charge is -2.12. The van der Waals surface area contributed by atoms with Crippen molar-refractivity contribution < 1.29 is 9.53 Å². The second kappa shape index (κ2) is 6.10. The fraction of sp³-hybridized carbons (Fsp3) is 0.375. The van der Waals surface area contributed by atoms with Gasteiger partial charge < -0.3 is 10.1 Å². The fourth-order valence-corrected chi connectivity index (χ4v) is 2.41. The van der Waals surface area contributed by atoms with Gasteiger partial charge in [0, 0.05) is 31.3 Å². The quantitative estimate of drug-likeness (QED) is 0.871. The fourth-order valence-electron chi connectivity index (χ4n) is 2.41. The Morgan fingerprint density at radius 1 is 1.43 bits per heavy atom. The third kappa shape index (κ3) is 3.13. The van der Waals surface area contributed by atoms with Crippen molar-refractivity contribution in [3.8, 4) is 0 Å². The Bertz CT molecular complexity index is 598. The Morgan fingerprint density at radius 2 is 2.24 bits per heavy atom.